The maximum absolute atomic E-state index is 13.0. The molecule has 2 aromatic carbocycles. The zero-order chi connectivity index (χ0) is 17.9. The van der Waals surface area contributed by atoms with E-state index in [-0.39, 0.29) is 17.7 Å². The number of hydrogen-bond donors (Lipinski definition) is 1. The van der Waals surface area contributed by atoms with Crippen LogP contribution in [0.2, 0.25) is 0 Å². The predicted octanol–water partition coefficient (Wildman–Crippen LogP) is 4.86. The van der Waals surface area contributed by atoms with Crippen molar-refractivity contribution in [2.45, 2.75) is 12.8 Å². The van der Waals surface area contributed by atoms with Crippen LogP contribution in [0.1, 0.15) is 12.8 Å². The Balaban J connectivity index is 1.57. The zero-order valence-electron chi connectivity index (χ0n) is 14.8. The minimum atomic E-state index is -0.0794. The molecule has 3 heteroatoms. The molecule has 4 rings (SSSR count). The van der Waals surface area contributed by atoms with Crippen molar-refractivity contribution in [3.05, 3.63) is 85.1 Å². The number of piperidine rings is 1. The Morgan fingerprint density at radius 2 is 1.73 bits per heavy atom. The summed E-state index contributed by atoms with van der Waals surface area (Å²) in [6, 6.07) is 20.1. The van der Waals surface area contributed by atoms with Crippen molar-refractivity contribution >= 4 is 17.3 Å². The van der Waals surface area contributed by atoms with Crippen molar-refractivity contribution in [3.8, 4) is 0 Å². The number of hydrogen-bond acceptors (Lipinski definition) is 2. The van der Waals surface area contributed by atoms with Crippen molar-refractivity contribution in [3.63, 3.8) is 0 Å². The fraction of sp³-hybridized carbons (Fsp3) is 0.261. The third-order valence-electron chi connectivity index (χ3n) is 5.53. The van der Waals surface area contributed by atoms with Crippen LogP contribution in [0, 0.1) is 17.8 Å². The second kappa shape index (κ2) is 7.20. The molecule has 1 heterocycles. The van der Waals surface area contributed by atoms with Gasteiger partial charge in [0.2, 0.25) is 5.91 Å². The molecule has 1 aliphatic heterocycles. The fourth-order valence-electron chi connectivity index (χ4n) is 4.25. The fourth-order valence-corrected chi connectivity index (χ4v) is 4.25. The monoisotopic (exact) mass is 344 g/mol. The van der Waals surface area contributed by atoms with Crippen molar-refractivity contribution in [2.24, 2.45) is 17.8 Å². The summed E-state index contributed by atoms with van der Waals surface area (Å²) in [5.74, 6) is 0.552. The van der Waals surface area contributed by atoms with Crippen LogP contribution in [0.25, 0.3) is 0 Å². The highest BCUT2D eigenvalue weighted by Crippen LogP contribution is 2.43. The molecule has 0 spiro atoms. The number of allylic oxidation sites excluding steroid dienone is 3. The third kappa shape index (κ3) is 3.17. The number of rotatable bonds is 3. The van der Waals surface area contributed by atoms with Gasteiger partial charge in [0.05, 0.1) is 5.92 Å². The molecule has 26 heavy (non-hydrogen) atoms. The van der Waals surface area contributed by atoms with Gasteiger partial charge < -0.3 is 10.2 Å². The number of para-hydroxylation sites is 2. The van der Waals surface area contributed by atoms with Crippen LogP contribution < -0.4 is 10.2 Å². The van der Waals surface area contributed by atoms with Crippen molar-refractivity contribution < 1.29 is 4.79 Å². The molecule has 2 aromatic rings. The van der Waals surface area contributed by atoms with Crippen LogP contribution in [0.3, 0.4) is 0 Å². The number of nitrogens with zero attached hydrogens (tertiary/aromatic N) is 1. The first-order valence-electron chi connectivity index (χ1n) is 9.28. The highest BCUT2D eigenvalue weighted by Gasteiger charge is 2.41. The van der Waals surface area contributed by atoms with Crippen molar-refractivity contribution in [1.82, 2.24) is 0 Å². The van der Waals surface area contributed by atoms with Gasteiger partial charge in [-0.2, -0.15) is 0 Å². The first-order chi connectivity index (χ1) is 12.7. The summed E-state index contributed by atoms with van der Waals surface area (Å²) in [4.78, 5) is 15.3. The lowest BCUT2D eigenvalue weighted by Crippen LogP contribution is -2.45. The number of benzene rings is 2. The van der Waals surface area contributed by atoms with Crippen LogP contribution in [0.4, 0.5) is 11.4 Å². The average molecular weight is 344 g/mol. The first-order valence-corrected chi connectivity index (χ1v) is 9.28. The van der Waals surface area contributed by atoms with Crippen LogP contribution in [-0.2, 0) is 4.79 Å². The number of nitrogens with one attached hydrogen (secondary N) is 1. The number of amides is 1. The van der Waals surface area contributed by atoms with Gasteiger partial charge in [0.15, 0.2) is 0 Å². The summed E-state index contributed by atoms with van der Waals surface area (Å²) in [6.45, 7) is 5.35. The maximum atomic E-state index is 13.0. The van der Waals surface area contributed by atoms with Crippen molar-refractivity contribution in [1.29, 1.82) is 0 Å². The van der Waals surface area contributed by atoms with E-state index in [0.717, 1.165) is 36.5 Å². The molecule has 1 N–H and O–H groups in total. The number of carbonyl (C=O) groups excluding carboxylic acids is 1. The number of anilines is 2. The molecule has 0 aromatic heterocycles. The van der Waals surface area contributed by atoms with Gasteiger partial charge >= 0.3 is 0 Å². The summed E-state index contributed by atoms with van der Waals surface area (Å²) < 4.78 is 0. The van der Waals surface area contributed by atoms with Gasteiger partial charge in [0, 0.05) is 29.5 Å². The van der Waals surface area contributed by atoms with Gasteiger partial charge in [-0.25, -0.2) is 0 Å². The molecular weight excluding hydrogens is 320 g/mol. The van der Waals surface area contributed by atoms with Gasteiger partial charge in [-0.05, 0) is 43.0 Å². The Bertz CT molecular complexity index is 813. The van der Waals surface area contributed by atoms with E-state index >= 15 is 0 Å². The Morgan fingerprint density at radius 1 is 1.04 bits per heavy atom. The van der Waals surface area contributed by atoms with E-state index in [1.54, 1.807) is 0 Å². The Kier molecular flexibility index (Phi) is 4.61. The van der Waals surface area contributed by atoms with Crippen molar-refractivity contribution in [2.75, 3.05) is 16.8 Å². The SMILES string of the molecule is C=C1C2C(C=CC[C@@H]2C(=O)Nc2ccccc2)CCN1c1ccccc1. The summed E-state index contributed by atoms with van der Waals surface area (Å²) in [5.41, 5.74) is 3.07. The van der Waals surface area contributed by atoms with Gasteiger partial charge in [-0.3, -0.25) is 4.79 Å². The number of carbonyl (C=O) groups is 1. The quantitative estimate of drug-likeness (QED) is 0.807. The standard InChI is InChI=1S/C23H24N2O/c1-17-22-18(15-16-25(17)20-12-6-3-7-13-20)9-8-14-21(22)23(26)24-19-10-4-2-5-11-19/h2-13,18,21-22H,1,14-16H2,(H,24,26)/t18?,21-,22?/m0/s1. The normalized spacial score (nSPS) is 24.8. The summed E-state index contributed by atoms with van der Waals surface area (Å²) in [5, 5.41) is 3.09. The van der Waals surface area contributed by atoms with Crippen LogP contribution in [0.5, 0.6) is 0 Å². The van der Waals surface area contributed by atoms with E-state index in [1.807, 2.05) is 36.4 Å². The highest BCUT2D eigenvalue weighted by atomic mass is 16.1. The van der Waals surface area contributed by atoms with E-state index in [2.05, 4.69) is 53.2 Å². The maximum Gasteiger partial charge on any atom is 0.228 e. The topological polar surface area (TPSA) is 32.3 Å². The van der Waals surface area contributed by atoms with E-state index < -0.39 is 0 Å². The molecular formula is C23H24N2O. The first kappa shape index (κ1) is 16.6. The predicted molar refractivity (Wildman–Crippen MR) is 107 cm³/mol. The minimum Gasteiger partial charge on any atom is -0.345 e. The Labute approximate surface area is 155 Å². The van der Waals surface area contributed by atoms with E-state index in [9.17, 15) is 4.79 Å². The lowest BCUT2D eigenvalue weighted by Gasteiger charge is -2.45. The van der Waals surface area contributed by atoms with Gasteiger partial charge in [0.1, 0.15) is 0 Å². The minimum absolute atomic E-state index is 0.0794. The molecule has 3 atom stereocenters. The smallest absolute Gasteiger partial charge is 0.228 e. The second-order valence-electron chi connectivity index (χ2n) is 7.08. The summed E-state index contributed by atoms with van der Waals surface area (Å²) in [7, 11) is 0. The second-order valence-corrected chi connectivity index (χ2v) is 7.08. The molecule has 132 valence electrons. The van der Waals surface area contributed by atoms with Crippen LogP contribution in [0.15, 0.2) is 85.1 Å². The molecule has 1 saturated heterocycles. The molecule has 2 unspecified atom stereocenters. The molecule has 2 aliphatic rings. The highest BCUT2D eigenvalue weighted by molar-refractivity contribution is 5.93. The number of fused-ring (bicyclic) bond motifs is 1. The molecule has 1 aliphatic carbocycles. The molecule has 1 fully saturated rings. The van der Waals surface area contributed by atoms with E-state index in [0.29, 0.717) is 5.92 Å². The Hall–Kier alpha value is -2.81. The van der Waals surface area contributed by atoms with E-state index in [4.69, 9.17) is 0 Å². The summed E-state index contributed by atoms with van der Waals surface area (Å²) in [6.07, 6.45) is 6.26. The molecule has 3 nitrogen and oxygen atoms in total. The summed E-state index contributed by atoms with van der Waals surface area (Å²) >= 11 is 0. The molecule has 0 radical (unpaired) electrons. The zero-order valence-corrected chi connectivity index (χ0v) is 14.8. The average Bonchev–Trinajstić information content (AvgIpc) is 2.69. The van der Waals surface area contributed by atoms with Gasteiger partial charge in [0.25, 0.3) is 0 Å². The molecule has 0 bridgehead atoms. The third-order valence-corrected chi connectivity index (χ3v) is 5.53. The van der Waals surface area contributed by atoms with Gasteiger partial charge in [-0.15, -0.1) is 0 Å². The lowest BCUT2D eigenvalue weighted by molar-refractivity contribution is -0.121. The Morgan fingerprint density at radius 3 is 2.46 bits per heavy atom. The molecule has 0 saturated carbocycles. The van der Waals surface area contributed by atoms with E-state index in [1.165, 1.54) is 0 Å². The molecule has 1 amide bonds. The van der Waals surface area contributed by atoms with Gasteiger partial charge in [-0.1, -0.05) is 55.1 Å². The largest absolute Gasteiger partial charge is 0.345 e. The lowest BCUT2D eigenvalue weighted by atomic mass is 9.70. The van der Waals surface area contributed by atoms with Crippen LogP contribution in [-0.4, -0.2) is 12.5 Å². The van der Waals surface area contributed by atoms with Crippen LogP contribution >= 0.6 is 0 Å².